The lowest BCUT2D eigenvalue weighted by molar-refractivity contribution is 0.0801. The van der Waals surface area contributed by atoms with Crippen LogP contribution in [0.3, 0.4) is 0 Å². The zero-order valence-corrected chi connectivity index (χ0v) is 12.7. The molecule has 4 nitrogen and oxygen atoms in total. The van der Waals surface area contributed by atoms with Crippen LogP contribution in [-0.4, -0.2) is 55.2 Å². The summed E-state index contributed by atoms with van der Waals surface area (Å²) >= 11 is 0. The van der Waals surface area contributed by atoms with Crippen LogP contribution >= 0.6 is 0 Å². The van der Waals surface area contributed by atoms with Crippen molar-refractivity contribution >= 4 is 12.2 Å². The summed E-state index contributed by atoms with van der Waals surface area (Å²) in [4.78, 5) is 15.8. The van der Waals surface area contributed by atoms with Gasteiger partial charge in [-0.05, 0) is 18.9 Å². The Morgan fingerprint density at radius 2 is 1.90 bits per heavy atom. The first-order valence-electron chi connectivity index (χ1n) is 7.65. The molecule has 0 unspecified atom stereocenters. The van der Waals surface area contributed by atoms with Crippen LogP contribution in [0, 0.1) is 0 Å². The molecule has 1 aliphatic rings. The number of piperazine rings is 1. The minimum absolute atomic E-state index is 0.180. The van der Waals surface area contributed by atoms with Crippen molar-refractivity contribution in [2.45, 2.75) is 13.3 Å². The summed E-state index contributed by atoms with van der Waals surface area (Å²) in [7, 11) is 0. The zero-order chi connectivity index (χ0) is 14.9. The smallest absolute Gasteiger partial charge is 0.409 e. The molecular formula is C17H24N2O2. The lowest BCUT2D eigenvalue weighted by atomic mass is 10.2. The fourth-order valence-corrected chi connectivity index (χ4v) is 2.41. The molecule has 2 rings (SSSR count). The van der Waals surface area contributed by atoms with Crippen LogP contribution < -0.4 is 0 Å². The maximum atomic E-state index is 11.6. The molecule has 1 aliphatic heterocycles. The topological polar surface area (TPSA) is 32.8 Å². The van der Waals surface area contributed by atoms with Gasteiger partial charge < -0.3 is 9.64 Å². The van der Waals surface area contributed by atoms with E-state index in [0.717, 1.165) is 39.1 Å². The molecule has 1 aromatic carbocycles. The van der Waals surface area contributed by atoms with Crippen LogP contribution in [0.25, 0.3) is 6.08 Å². The maximum Gasteiger partial charge on any atom is 0.409 e. The van der Waals surface area contributed by atoms with Gasteiger partial charge in [-0.1, -0.05) is 42.5 Å². The monoisotopic (exact) mass is 288 g/mol. The third-order valence-corrected chi connectivity index (χ3v) is 3.62. The molecule has 0 aliphatic carbocycles. The van der Waals surface area contributed by atoms with E-state index in [-0.39, 0.29) is 6.09 Å². The Morgan fingerprint density at radius 1 is 1.19 bits per heavy atom. The summed E-state index contributed by atoms with van der Waals surface area (Å²) in [5.41, 5.74) is 1.24. The number of carbonyl (C=O) groups excluding carboxylic acids is 1. The standard InChI is InChI=1S/C17H24N2O2/c1-2-21-17(20)19-14-12-18(13-15-19)11-7-6-10-16-8-4-3-5-9-16/h3-6,8-10H,2,7,11-15H2,1H3/b10-6+. The number of benzene rings is 1. The van der Waals surface area contributed by atoms with E-state index in [1.54, 1.807) is 4.90 Å². The second-order valence-corrected chi connectivity index (χ2v) is 5.13. The number of rotatable bonds is 5. The molecular weight excluding hydrogens is 264 g/mol. The van der Waals surface area contributed by atoms with Crippen molar-refractivity contribution in [1.29, 1.82) is 0 Å². The summed E-state index contributed by atoms with van der Waals surface area (Å²) in [6.07, 6.45) is 5.23. The highest BCUT2D eigenvalue weighted by atomic mass is 16.6. The molecule has 1 amide bonds. The van der Waals surface area contributed by atoms with Gasteiger partial charge in [-0.3, -0.25) is 4.90 Å². The second-order valence-electron chi connectivity index (χ2n) is 5.13. The van der Waals surface area contributed by atoms with Gasteiger partial charge in [0.05, 0.1) is 6.61 Å². The Morgan fingerprint density at radius 3 is 2.57 bits per heavy atom. The number of nitrogens with zero attached hydrogens (tertiary/aromatic N) is 2. The summed E-state index contributed by atoms with van der Waals surface area (Å²) in [5, 5.41) is 0. The van der Waals surface area contributed by atoms with Gasteiger partial charge in [-0.15, -0.1) is 0 Å². The van der Waals surface area contributed by atoms with Crippen LogP contribution in [0.4, 0.5) is 4.79 Å². The summed E-state index contributed by atoms with van der Waals surface area (Å²) in [6, 6.07) is 10.3. The molecule has 0 atom stereocenters. The van der Waals surface area contributed by atoms with Crippen molar-refractivity contribution in [2.24, 2.45) is 0 Å². The first-order chi connectivity index (χ1) is 10.3. The van der Waals surface area contributed by atoms with Gasteiger partial charge in [0.1, 0.15) is 0 Å². The van der Waals surface area contributed by atoms with E-state index in [1.807, 2.05) is 25.1 Å². The fourth-order valence-electron chi connectivity index (χ4n) is 2.41. The van der Waals surface area contributed by atoms with Gasteiger partial charge in [-0.25, -0.2) is 4.79 Å². The number of carbonyl (C=O) groups is 1. The van der Waals surface area contributed by atoms with Gasteiger partial charge in [0.2, 0.25) is 0 Å². The predicted molar refractivity (Wildman–Crippen MR) is 85.1 cm³/mol. The normalized spacial score (nSPS) is 16.3. The lowest BCUT2D eigenvalue weighted by Crippen LogP contribution is -2.48. The molecule has 1 fully saturated rings. The SMILES string of the molecule is CCOC(=O)N1CCN(CC/C=C/c2ccccc2)CC1. The molecule has 1 aromatic rings. The first-order valence-corrected chi connectivity index (χ1v) is 7.65. The molecule has 4 heteroatoms. The molecule has 114 valence electrons. The Hall–Kier alpha value is -1.81. The second kappa shape index (κ2) is 8.47. The van der Waals surface area contributed by atoms with Crippen LogP contribution in [-0.2, 0) is 4.74 Å². The van der Waals surface area contributed by atoms with E-state index in [1.165, 1.54) is 5.56 Å². The third-order valence-electron chi connectivity index (χ3n) is 3.62. The van der Waals surface area contributed by atoms with Crippen molar-refractivity contribution in [3.8, 4) is 0 Å². The largest absolute Gasteiger partial charge is 0.450 e. The van der Waals surface area contributed by atoms with Crippen molar-refractivity contribution in [3.05, 3.63) is 42.0 Å². The predicted octanol–water partition coefficient (Wildman–Crippen LogP) is 2.86. The molecule has 1 saturated heterocycles. The number of hydrogen-bond acceptors (Lipinski definition) is 3. The Balaban J connectivity index is 1.65. The van der Waals surface area contributed by atoms with Gasteiger partial charge in [0.15, 0.2) is 0 Å². The van der Waals surface area contributed by atoms with E-state index in [0.29, 0.717) is 6.61 Å². The molecule has 0 aromatic heterocycles. The molecule has 0 bridgehead atoms. The fraction of sp³-hybridized carbons (Fsp3) is 0.471. The van der Waals surface area contributed by atoms with Crippen molar-refractivity contribution in [1.82, 2.24) is 9.80 Å². The van der Waals surface area contributed by atoms with E-state index in [2.05, 4.69) is 29.2 Å². The zero-order valence-electron chi connectivity index (χ0n) is 12.7. The van der Waals surface area contributed by atoms with E-state index >= 15 is 0 Å². The molecule has 0 N–H and O–H groups in total. The third kappa shape index (κ3) is 5.23. The Bertz CT molecular complexity index is 451. The Kier molecular flexibility index (Phi) is 6.28. The highest BCUT2D eigenvalue weighted by Crippen LogP contribution is 2.06. The summed E-state index contributed by atoms with van der Waals surface area (Å²) in [6.45, 7) is 6.72. The molecule has 0 spiro atoms. The number of ether oxygens (including phenoxy) is 1. The highest BCUT2D eigenvalue weighted by Gasteiger charge is 2.20. The lowest BCUT2D eigenvalue weighted by Gasteiger charge is -2.33. The quantitative estimate of drug-likeness (QED) is 0.835. The van der Waals surface area contributed by atoms with Gasteiger partial charge in [0, 0.05) is 32.7 Å². The van der Waals surface area contributed by atoms with Crippen molar-refractivity contribution < 1.29 is 9.53 Å². The summed E-state index contributed by atoms with van der Waals surface area (Å²) in [5.74, 6) is 0. The molecule has 1 heterocycles. The minimum Gasteiger partial charge on any atom is -0.450 e. The van der Waals surface area contributed by atoms with E-state index < -0.39 is 0 Å². The Labute approximate surface area is 127 Å². The average Bonchev–Trinajstić information content (AvgIpc) is 2.53. The first kappa shape index (κ1) is 15.6. The average molecular weight is 288 g/mol. The maximum absolute atomic E-state index is 11.6. The summed E-state index contributed by atoms with van der Waals surface area (Å²) < 4.78 is 5.02. The van der Waals surface area contributed by atoms with Gasteiger partial charge >= 0.3 is 6.09 Å². The highest BCUT2D eigenvalue weighted by molar-refractivity contribution is 5.67. The van der Waals surface area contributed by atoms with Crippen molar-refractivity contribution in [3.63, 3.8) is 0 Å². The van der Waals surface area contributed by atoms with Crippen LogP contribution in [0.15, 0.2) is 36.4 Å². The van der Waals surface area contributed by atoms with E-state index in [9.17, 15) is 4.79 Å². The number of hydrogen-bond donors (Lipinski definition) is 0. The molecule has 21 heavy (non-hydrogen) atoms. The van der Waals surface area contributed by atoms with Gasteiger partial charge in [-0.2, -0.15) is 0 Å². The van der Waals surface area contributed by atoms with Crippen molar-refractivity contribution in [2.75, 3.05) is 39.3 Å². The van der Waals surface area contributed by atoms with Gasteiger partial charge in [0.25, 0.3) is 0 Å². The molecule has 0 saturated carbocycles. The van der Waals surface area contributed by atoms with Crippen LogP contribution in [0.5, 0.6) is 0 Å². The number of amides is 1. The van der Waals surface area contributed by atoms with E-state index in [4.69, 9.17) is 4.74 Å². The van der Waals surface area contributed by atoms with Crippen LogP contribution in [0.2, 0.25) is 0 Å². The van der Waals surface area contributed by atoms with Crippen LogP contribution in [0.1, 0.15) is 18.9 Å². The minimum atomic E-state index is -0.180. The molecule has 0 radical (unpaired) electrons.